The maximum absolute atomic E-state index is 11.5. The molecule has 2 unspecified atom stereocenters. The summed E-state index contributed by atoms with van der Waals surface area (Å²) in [6, 6.07) is 0.366. The zero-order valence-corrected chi connectivity index (χ0v) is 10.6. The van der Waals surface area contributed by atoms with Crippen LogP contribution in [0.1, 0.15) is 32.1 Å². The van der Waals surface area contributed by atoms with E-state index in [0.717, 1.165) is 45.2 Å². The summed E-state index contributed by atoms with van der Waals surface area (Å²) in [5, 5.41) is 9.33. The van der Waals surface area contributed by atoms with Crippen LogP contribution in [-0.4, -0.2) is 55.2 Å². The Labute approximate surface area is 97.6 Å². The third-order valence-electron chi connectivity index (χ3n) is 3.92. The predicted molar refractivity (Wildman–Crippen MR) is 63.1 cm³/mol. The molecule has 2 fully saturated rings. The summed E-state index contributed by atoms with van der Waals surface area (Å²) in [5.74, 6) is 0. The Morgan fingerprint density at radius 1 is 1.25 bits per heavy atom. The first-order chi connectivity index (χ1) is 7.47. The summed E-state index contributed by atoms with van der Waals surface area (Å²) in [6.07, 6.45) is 5.61. The molecule has 1 saturated heterocycles. The van der Waals surface area contributed by atoms with Gasteiger partial charge in [0.1, 0.15) is 9.84 Å². The molecule has 0 aromatic carbocycles. The maximum Gasteiger partial charge on any atom is 0.150 e. The molecule has 4 nitrogen and oxygen atoms in total. The largest absolute Gasteiger partial charge is 0.392 e. The second-order valence-corrected chi connectivity index (χ2v) is 7.54. The second kappa shape index (κ2) is 4.63. The molecule has 1 saturated carbocycles. The van der Waals surface area contributed by atoms with Crippen LogP contribution in [0.5, 0.6) is 0 Å². The van der Waals surface area contributed by atoms with Crippen molar-refractivity contribution in [2.24, 2.45) is 0 Å². The highest BCUT2D eigenvalue weighted by atomic mass is 32.2. The zero-order valence-electron chi connectivity index (χ0n) is 9.80. The highest BCUT2D eigenvalue weighted by Gasteiger charge is 2.34. The molecular formula is C11H21NO3S. The van der Waals surface area contributed by atoms with E-state index < -0.39 is 9.84 Å². The second-order valence-electron chi connectivity index (χ2n) is 5.21. The van der Waals surface area contributed by atoms with Crippen molar-refractivity contribution in [2.75, 3.05) is 19.3 Å². The molecule has 0 bridgehead atoms. The normalized spacial score (nSPS) is 37.8. The molecule has 0 spiro atoms. The van der Waals surface area contributed by atoms with Crippen molar-refractivity contribution >= 4 is 9.84 Å². The zero-order chi connectivity index (χ0) is 11.8. The Morgan fingerprint density at radius 2 is 2.00 bits per heavy atom. The van der Waals surface area contributed by atoms with E-state index in [-0.39, 0.29) is 11.4 Å². The number of aliphatic hydroxyl groups is 1. The smallest absolute Gasteiger partial charge is 0.150 e. The summed E-state index contributed by atoms with van der Waals surface area (Å²) < 4.78 is 23.1. The summed E-state index contributed by atoms with van der Waals surface area (Å²) in [5.41, 5.74) is 0. The van der Waals surface area contributed by atoms with Crippen LogP contribution in [0.25, 0.3) is 0 Å². The van der Waals surface area contributed by atoms with E-state index in [9.17, 15) is 13.5 Å². The van der Waals surface area contributed by atoms with E-state index in [1.54, 1.807) is 0 Å². The summed E-state index contributed by atoms with van der Waals surface area (Å²) in [4.78, 5) is 2.27. The molecule has 16 heavy (non-hydrogen) atoms. The monoisotopic (exact) mass is 247 g/mol. The quantitative estimate of drug-likeness (QED) is 0.768. The third kappa shape index (κ3) is 2.76. The average Bonchev–Trinajstić information content (AvgIpc) is 2.64. The Bertz CT molecular complexity index is 341. The highest BCUT2D eigenvalue weighted by molar-refractivity contribution is 7.91. The fourth-order valence-electron chi connectivity index (χ4n) is 2.94. The van der Waals surface area contributed by atoms with Crippen LogP contribution in [0.2, 0.25) is 0 Å². The first-order valence-electron chi connectivity index (χ1n) is 6.08. The van der Waals surface area contributed by atoms with Crippen molar-refractivity contribution in [3.63, 3.8) is 0 Å². The van der Waals surface area contributed by atoms with E-state index in [2.05, 4.69) is 4.90 Å². The van der Waals surface area contributed by atoms with Crippen LogP contribution in [0.3, 0.4) is 0 Å². The Kier molecular flexibility index (Phi) is 3.56. The molecule has 1 N–H and O–H groups in total. The van der Waals surface area contributed by atoms with Gasteiger partial charge in [-0.25, -0.2) is 8.42 Å². The van der Waals surface area contributed by atoms with Gasteiger partial charge in [0.25, 0.3) is 0 Å². The molecule has 0 radical (unpaired) electrons. The first-order valence-corrected chi connectivity index (χ1v) is 8.03. The van der Waals surface area contributed by atoms with Gasteiger partial charge >= 0.3 is 0 Å². The molecule has 94 valence electrons. The fraction of sp³-hybridized carbons (Fsp3) is 1.00. The van der Waals surface area contributed by atoms with Crippen LogP contribution in [0.15, 0.2) is 0 Å². The molecule has 3 atom stereocenters. The summed E-state index contributed by atoms with van der Waals surface area (Å²) in [6.45, 7) is 1.64. The highest BCUT2D eigenvalue weighted by Crippen LogP contribution is 2.29. The number of hydrogen-bond acceptors (Lipinski definition) is 4. The fourth-order valence-corrected chi connectivity index (χ4v) is 4.11. The topological polar surface area (TPSA) is 57.6 Å². The van der Waals surface area contributed by atoms with Gasteiger partial charge in [-0.15, -0.1) is 0 Å². The SMILES string of the molecule is CS(=O)(=O)C1CCCC(N2CC[C@@H](O)C2)C1. The van der Waals surface area contributed by atoms with Crippen molar-refractivity contribution in [3.05, 3.63) is 0 Å². The molecule has 5 heteroatoms. The molecule has 0 aromatic rings. The van der Waals surface area contributed by atoms with Crippen LogP contribution in [0, 0.1) is 0 Å². The van der Waals surface area contributed by atoms with E-state index in [1.807, 2.05) is 0 Å². The van der Waals surface area contributed by atoms with Crippen molar-refractivity contribution in [2.45, 2.75) is 49.5 Å². The van der Waals surface area contributed by atoms with Crippen LogP contribution < -0.4 is 0 Å². The van der Waals surface area contributed by atoms with Gasteiger partial charge in [0.2, 0.25) is 0 Å². The van der Waals surface area contributed by atoms with Gasteiger partial charge < -0.3 is 5.11 Å². The predicted octanol–water partition coefficient (Wildman–Crippen LogP) is 0.409. The van der Waals surface area contributed by atoms with Crippen molar-refractivity contribution in [3.8, 4) is 0 Å². The average molecular weight is 247 g/mol. The number of likely N-dealkylation sites (tertiary alicyclic amines) is 1. The number of aliphatic hydroxyl groups excluding tert-OH is 1. The molecule has 2 aliphatic rings. The third-order valence-corrected chi connectivity index (χ3v) is 5.55. The minimum absolute atomic E-state index is 0.163. The van der Waals surface area contributed by atoms with Crippen molar-refractivity contribution in [1.82, 2.24) is 4.90 Å². The van der Waals surface area contributed by atoms with Gasteiger partial charge in [0.05, 0.1) is 11.4 Å². The Hall–Kier alpha value is -0.130. The molecule has 1 aliphatic heterocycles. The number of β-amino-alcohol motifs (C(OH)–C–C–N with tert-alkyl or cyclic N) is 1. The van der Waals surface area contributed by atoms with E-state index in [1.165, 1.54) is 6.26 Å². The van der Waals surface area contributed by atoms with Crippen LogP contribution in [-0.2, 0) is 9.84 Å². The van der Waals surface area contributed by atoms with Crippen molar-refractivity contribution in [1.29, 1.82) is 0 Å². The minimum atomic E-state index is -2.89. The summed E-state index contributed by atoms with van der Waals surface area (Å²) >= 11 is 0. The lowest BCUT2D eigenvalue weighted by Crippen LogP contribution is -2.41. The van der Waals surface area contributed by atoms with Gasteiger partial charge in [0.15, 0.2) is 0 Å². The molecule has 1 aliphatic carbocycles. The molecule has 0 aromatic heterocycles. The maximum atomic E-state index is 11.5. The van der Waals surface area contributed by atoms with E-state index in [0.29, 0.717) is 6.04 Å². The minimum Gasteiger partial charge on any atom is -0.392 e. The van der Waals surface area contributed by atoms with Crippen LogP contribution in [0.4, 0.5) is 0 Å². The lowest BCUT2D eigenvalue weighted by atomic mass is 9.94. The summed E-state index contributed by atoms with van der Waals surface area (Å²) in [7, 11) is -2.89. The van der Waals surface area contributed by atoms with Gasteiger partial charge in [-0.1, -0.05) is 6.42 Å². The number of rotatable bonds is 2. The van der Waals surface area contributed by atoms with E-state index >= 15 is 0 Å². The van der Waals surface area contributed by atoms with E-state index in [4.69, 9.17) is 0 Å². The molecular weight excluding hydrogens is 226 g/mol. The van der Waals surface area contributed by atoms with Crippen LogP contribution >= 0.6 is 0 Å². The molecule has 1 heterocycles. The lowest BCUT2D eigenvalue weighted by molar-refractivity contribution is 0.143. The molecule has 2 rings (SSSR count). The van der Waals surface area contributed by atoms with Gasteiger partial charge in [-0.2, -0.15) is 0 Å². The Balaban J connectivity index is 1.97. The number of nitrogens with zero attached hydrogens (tertiary/aromatic N) is 1. The number of hydrogen-bond donors (Lipinski definition) is 1. The standard InChI is InChI=1S/C11H21NO3S/c1-16(14,15)11-4-2-3-9(7-11)12-6-5-10(13)8-12/h9-11,13H,2-8H2,1H3/t9?,10-,11?/m1/s1. The first kappa shape index (κ1) is 12.3. The van der Waals surface area contributed by atoms with Gasteiger partial charge in [0, 0.05) is 25.4 Å². The number of sulfone groups is 1. The Morgan fingerprint density at radius 3 is 2.56 bits per heavy atom. The molecule has 0 amide bonds. The van der Waals surface area contributed by atoms with Gasteiger partial charge in [-0.05, 0) is 25.7 Å². The van der Waals surface area contributed by atoms with Crippen molar-refractivity contribution < 1.29 is 13.5 Å². The van der Waals surface area contributed by atoms with Gasteiger partial charge in [-0.3, -0.25) is 4.90 Å². The lowest BCUT2D eigenvalue weighted by Gasteiger charge is -2.34.